The maximum Gasteiger partial charge on any atom is 0.0687 e. The monoisotopic (exact) mass is 264 g/mol. The second-order valence-corrected chi connectivity index (χ2v) is 7.97. The Kier molecular flexibility index (Phi) is 2.97. The fourth-order valence-electron chi connectivity index (χ4n) is 5.95. The molecule has 4 aliphatic rings. The summed E-state index contributed by atoms with van der Waals surface area (Å²) in [6, 6.07) is 0. The molecular weight excluding hydrogens is 236 g/mol. The maximum atomic E-state index is 10.0. The van der Waals surface area contributed by atoms with Gasteiger partial charge in [-0.1, -0.05) is 19.3 Å². The molecular formula is C17H28O2. The molecule has 1 saturated heterocycles. The first kappa shape index (κ1) is 12.6. The van der Waals surface area contributed by atoms with Crippen molar-refractivity contribution in [1.29, 1.82) is 0 Å². The maximum absolute atomic E-state index is 10.0. The first-order valence-electron chi connectivity index (χ1n) is 8.52. The van der Waals surface area contributed by atoms with Gasteiger partial charge in [-0.25, -0.2) is 0 Å². The van der Waals surface area contributed by atoms with Crippen LogP contribution >= 0.6 is 0 Å². The number of fused-ring (bicyclic) bond motifs is 2. The van der Waals surface area contributed by atoms with Crippen LogP contribution in [-0.4, -0.2) is 23.4 Å². The highest BCUT2D eigenvalue weighted by molar-refractivity contribution is 5.03. The number of aliphatic hydroxyl groups is 1. The van der Waals surface area contributed by atoms with Crippen LogP contribution in [0, 0.1) is 17.3 Å². The Morgan fingerprint density at radius 3 is 2.53 bits per heavy atom. The molecule has 0 aromatic heterocycles. The van der Waals surface area contributed by atoms with Gasteiger partial charge in [-0.05, 0) is 68.6 Å². The SMILES string of the molecule is OCC1(CC2CCC3(CCCC3)O2)CC2CCC1C2. The molecule has 4 atom stereocenters. The van der Waals surface area contributed by atoms with Crippen LogP contribution < -0.4 is 0 Å². The van der Waals surface area contributed by atoms with Crippen molar-refractivity contribution < 1.29 is 9.84 Å². The van der Waals surface area contributed by atoms with Crippen molar-refractivity contribution >= 4 is 0 Å². The van der Waals surface area contributed by atoms with Crippen LogP contribution in [-0.2, 0) is 4.74 Å². The molecule has 3 aliphatic carbocycles. The van der Waals surface area contributed by atoms with E-state index in [1.54, 1.807) is 0 Å². The summed E-state index contributed by atoms with van der Waals surface area (Å²) in [7, 11) is 0. The number of hydrogen-bond donors (Lipinski definition) is 1. The molecule has 2 heteroatoms. The Labute approximate surface area is 116 Å². The molecule has 0 amide bonds. The summed E-state index contributed by atoms with van der Waals surface area (Å²) in [4.78, 5) is 0. The molecule has 4 unspecified atom stereocenters. The molecule has 3 saturated carbocycles. The molecule has 108 valence electrons. The van der Waals surface area contributed by atoms with E-state index in [1.807, 2.05) is 0 Å². The van der Waals surface area contributed by atoms with E-state index in [9.17, 15) is 5.11 Å². The second kappa shape index (κ2) is 4.46. The van der Waals surface area contributed by atoms with Crippen LogP contribution in [0.5, 0.6) is 0 Å². The zero-order valence-corrected chi connectivity index (χ0v) is 12.1. The predicted octanol–water partition coefficient (Wildman–Crippen LogP) is 3.67. The highest BCUT2D eigenvalue weighted by atomic mass is 16.5. The van der Waals surface area contributed by atoms with Crippen molar-refractivity contribution in [2.24, 2.45) is 17.3 Å². The lowest BCUT2D eigenvalue weighted by molar-refractivity contribution is -0.0697. The third-order valence-corrected chi connectivity index (χ3v) is 6.90. The van der Waals surface area contributed by atoms with Crippen molar-refractivity contribution in [2.75, 3.05) is 6.61 Å². The quantitative estimate of drug-likeness (QED) is 0.843. The van der Waals surface area contributed by atoms with E-state index >= 15 is 0 Å². The average molecular weight is 264 g/mol. The minimum Gasteiger partial charge on any atom is -0.396 e. The van der Waals surface area contributed by atoms with E-state index in [1.165, 1.54) is 64.2 Å². The standard InChI is InChI=1S/C17H28O2/c18-12-16(10-13-3-4-14(16)9-13)11-15-5-8-17(19-15)6-1-2-7-17/h13-15,18H,1-12H2. The summed E-state index contributed by atoms with van der Waals surface area (Å²) in [6.45, 7) is 0.404. The predicted molar refractivity (Wildman–Crippen MR) is 74.9 cm³/mol. The summed E-state index contributed by atoms with van der Waals surface area (Å²) in [5, 5.41) is 10.0. The Morgan fingerprint density at radius 1 is 1.05 bits per heavy atom. The molecule has 1 N–H and O–H groups in total. The highest BCUT2D eigenvalue weighted by Gasteiger charge is 2.53. The van der Waals surface area contributed by atoms with Crippen molar-refractivity contribution in [3.05, 3.63) is 0 Å². The largest absolute Gasteiger partial charge is 0.396 e. The van der Waals surface area contributed by atoms with Gasteiger partial charge in [-0.2, -0.15) is 0 Å². The molecule has 19 heavy (non-hydrogen) atoms. The van der Waals surface area contributed by atoms with Gasteiger partial charge in [0.1, 0.15) is 0 Å². The van der Waals surface area contributed by atoms with Gasteiger partial charge in [0.05, 0.1) is 11.7 Å². The lowest BCUT2D eigenvalue weighted by Gasteiger charge is -2.38. The van der Waals surface area contributed by atoms with Crippen molar-refractivity contribution in [2.45, 2.75) is 82.3 Å². The Balaban J connectivity index is 1.44. The van der Waals surface area contributed by atoms with Gasteiger partial charge in [0, 0.05) is 6.61 Å². The zero-order chi connectivity index (χ0) is 12.9. The average Bonchev–Trinajstić information content (AvgIpc) is 3.17. The lowest BCUT2D eigenvalue weighted by Crippen LogP contribution is -2.36. The Morgan fingerprint density at radius 2 is 1.89 bits per heavy atom. The molecule has 4 rings (SSSR count). The normalized spacial score (nSPS) is 47.5. The minimum atomic E-state index is 0.234. The van der Waals surface area contributed by atoms with Gasteiger partial charge in [0.2, 0.25) is 0 Å². The van der Waals surface area contributed by atoms with Crippen LogP contribution in [0.3, 0.4) is 0 Å². The van der Waals surface area contributed by atoms with Gasteiger partial charge < -0.3 is 9.84 Å². The van der Waals surface area contributed by atoms with Gasteiger partial charge in [0.15, 0.2) is 0 Å². The van der Waals surface area contributed by atoms with E-state index in [0.717, 1.165) is 18.3 Å². The van der Waals surface area contributed by atoms with Gasteiger partial charge in [0.25, 0.3) is 0 Å². The molecule has 4 fully saturated rings. The van der Waals surface area contributed by atoms with Gasteiger partial charge in [-0.15, -0.1) is 0 Å². The van der Waals surface area contributed by atoms with Gasteiger partial charge in [-0.3, -0.25) is 0 Å². The van der Waals surface area contributed by atoms with Crippen LogP contribution in [0.4, 0.5) is 0 Å². The topological polar surface area (TPSA) is 29.5 Å². The van der Waals surface area contributed by atoms with E-state index in [2.05, 4.69) is 0 Å². The third kappa shape index (κ3) is 1.98. The molecule has 0 aromatic rings. The molecule has 2 bridgehead atoms. The van der Waals surface area contributed by atoms with E-state index in [0.29, 0.717) is 12.7 Å². The molecule has 2 nitrogen and oxygen atoms in total. The molecule has 0 aromatic carbocycles. The molecule has 1 aliphatic heterocycles. The van der Waals surface area contributed by atoms with Crippen LogP contribution in [0.15, 0.2) is 0 Å². The first-order valence-corrected chi connectivity index (χ1v) is 8.52. The first-order chi connectivity index (χ1) is 9.24. The zero-order valence-electron chi connectivity index (χ0n) is 12.1. The lowest BCUT2D eigenvalue weighted by atomic mass is 9.70. The smallest absolute Gasteiger partial charge is 0.0687 e. The fraction of sp³-hybridized carbons (Fsp3) is 1.00. The van der Waals surface area contributed by atoms with E-state index in [-0.39, 0.29) is 11.0 Å². The second-order valence-electron chi connectivity index (χ2n) is 7.97. The van der Waals surface area contributed by atoms with Gasteiger partial charge >= 0.3 is 0 Å². The van der Waals surface area contributed by atoms with E-state index < -0.39 is 0 Å². The summed E-state index contributed by atoms with van der Waals surface area (Å²) in [5.74, 6) is 1.71. The molecule has 1 heterocycles. The van der Waals surface area contributed by atoms with Crippen LogP contribution in [0.25, 0.3) is 0 Å². The van der Waals surface area contributed by atoms with Crippen molar-refractivity contribution in [1.82, 2.24) is 0 Å². The Bertz CT molecular complexity index is 347. The van der Waals surface area contributed by atoms with Crippen molar-refractivity contribution in [3.8, 4) is 0 Å². The summed E-state index contributed by atoms with van der Waals surface area (Å²) >= 11 is 0. The van der Waals surface area contributed by atoms with Crippen LogP contribution in [0.1, 0.15) is 70.6 Å². The number of aliphatic hydroxyl groups excluding tert-OH is 1. The summed E-state index contributed by atoms with van der Waals surface area (Å²) in [6.07, 6.45) is 14.9. The van der Waals surface area contributed by atoms with E-state index in [4.69, 9.17) is 4.74 Å². The molecule has 1 spiro atoms. The highest BCUT2D eigenvalue weighted by Crippen LogP contribution is 2.59. The summed E-state index contributed by atoms with van der Waals surface area (Å²) < 4.78 is 6.50. The van der Waals surface area contributed by atoms with Crippen LogP contribution in [0.2, 0.25) is 0 Å². The Hall–Kier alpha value is -0.0800. The summed E-state index contributed by atoms with van der Waals surface area (Å²) in [5.41, 5.74) is 0.497. The minimum absolute atomic E-state index is 0.234. The van der Waals surface area contributed by atoms with Crippen molar-refractivity contribution in [3.63, 3.8) is 0 Å². The number of rotatable bonds is 3. The number of hydrogen-bond acceptors (Lipinski definition) is 2. The third-order valence-electron chi connectivity index (χ3n) is 6.90. The number of ether oxygens (including phenoxy) is 1. The fourth-order valence-corrected chi connectivity index (χ4v) is 5.95. The molecule has 0 radical (unpaired) electrons.